The van der Waals surface area contributed by atoms with Gasteiger partial charge >= 0.3 is 0 Å². The lowest BCUT2D eigenvalue weighted by Crippen LogP contribution is -2.49. The number of piperazine rings is 1. The summed E-state index contributed by atoms with van der Waals surface area (Å²) in [6, 6.07) is 0. The van der Waals surface area contributed by atoms with E-state index in [0.717, 1.165) is 44.1 Å². The number of rotatable bonds is 6. The standard InChI is InChI=1S/C16H24N6O2/c1-13(2)24-9-3-4-16(23)21-7-5-20(6-8-21)15-11-17-10-14-18-12-19-22(14)15/h10-13H,3-9H2,1-2H3. The van der Waals surface area contributed by atoms with E-state index in [2.05, 4.69) is 20.0 Å². The third kappa shape index (κ3) is 3.81. The highest BCUT2D eigenvalue weighted by molar-refractivity contribution is 5.76. The number of nitrogens with zero attached hydrogens (tertiary/aromatic N) is 6. The zero-order valence-corrected chi connectivity index (χ0v) is 14.3. The molecule has 0 N–H and O–H groups in total. The number of fused-ring (bicyclic) bond motifs is 1. The van der Waals surface area contributed by atoms with Crippen LogP contribution in [0.25, 0.3) is 5.65 Å². The van der Waals surface area contributed by atoms with Gasteiger partial charge in [-0.15, -0.1) is 0 Å². The molecule has 0 aliphatic carbocycles. The maximum atomic E-state index is 12.3. The summed E-state index contributed by atoms with van der Waals surface area (Å²) in [5, 5.41) is 4.24. The lowest BCUT2D eigenvalue weighted by molar-refractivity contribution is -0.131. The van der Waals surface area contributed by atoms with Gasteiger partial charge in [0.1, 0.15) is 6.33 Å². The van der Waals surface area contributed by atoms with Crippen LogP contribution in [0.5, 0.6) is 0 Å². The van der Waals surface area contributed by atoms with Crippen molar-refractivity contribution in [1.29, 1.82) is 0 Å². The molecule has 0 spiro atoms. The molecule has 0 radical (unpaired) electrons. The summed E-state index contributed by atoms with van der Waals surface area (Å²) in [7, 11) is 0. The molecule has 130 valence electrons. The summed E-state index contributed by atoms with van der Waals surface area (Å²) >= 11 is 0. The zero-order valence-electron chi connectivity index (χ0n) is 14.3. The molecule has 1 fully saturated rings. The molecule has 8 heteroatoms. The van der Waals surface area contributed by atoms with Gasteiger partial charge in [0, 0.05) is 39.2 Å². The average Bonchev–Trinajstić information content (AvgIpc) is 3.07. The molecule has 1 amide bonds. The van der Waals surface area contributed by atoms with Gasteiger partial charge in [0.25, 0.3) is 0 Å². The van der Waals surface area contributed by atoms with Crippen LogP contribution >= 0.6 is 0 Å². The summed E-state index contributed by atoms with van der Waals surface area (Å²) in [6.45, 7) is 7.63. The van der Waals surface area contributed by atoms with Gasteiger partial charge in [-0.25, -0.2) is 4.98 Å². The molecule has 1 aliphatic rings. The second-order valence-corrected chi connectivity index (χ2v) is 6.19. The fourth-order valence-corrected chi connectivity index (χ4v) is 2.84. The van der Waals surface area contributed by atoms with Crippen molar-refractivity contribution in [2.24, 2.45) is 0 Å². The highest BCUT2D eigenvalue weighted by Gasteiger charge is 2.22. The Kier molecular flexibility index (Phi) is 5.24. The van der Waals surface area contributed by atoms with Crippen molar-refractivity contribution < 1.29 is 9.53 Å². The van der Waals surface area contributed by atoms with Crippen molar-refractivity contribution in [3.05, 3.63) is 18.7 Å². The maximum Gasteiger partial charge on any atom is 0.222 e. The SMILES string of the molecule is CC(C)OCCCC(=O)N1CCN(c2cncc3ncnn23)CC1. The Bertz CT molecular complexity index is 678. The van der Waals surface area contributed by atoms with E-state index >= 15 is 0 Å². The minimum absolute atomic E-state index is 0.207. The van der Waals surface area contributed by atoms with Gasteiger partial charge in [-0.1, -0.05) is 0 Å². The van der Waals surface area contributed by atoms with Gasteiger partial charge in [0.2, 0.25) is 5.91 Å². The Morgan fingerprint density at radius 1 is 1.25 bits per heavy atom. The lowest BCUT2D eigenvalue weighted by atomic mass is 10.2. The summed E-state index contributed by atoms with van der Waals surface area (Å²) in [5.74, 6) is 1.13. The molecule has 3 rings (SSSR count). The summed E-state index contributed by atoms with van der Waals surface area (Å²) < 4.78 is 7.27. The summed E-state index contributed by atoms with van der Waals surface area (Å²) in [5.41, 5.74) is 0.733. The molecule has 3 heterocycles. The smallest absolute Gasteiger partial charge is 0.222 e. The van der Waals surface area contributed by atoms with Gasteiger partial charge in [-0.05, 0) is 20.3 Å². The first-order valence-electron chi connectivity index (χ1n) is 8.43. The number of hydrogen-bond donors (Lipinski definition) is 0. The topological polar surface area (TPSA) is 75.9 Å². The lowest BCUT2D eigenvalue weighted by Gasteiger charge is -2.35. The van der Waals surface area contributed by atoms with Crippen LogP contribution in [0.1, 0.15) is 26.7 Å². The van der Waals surface area contributed by atoms with Crippen LogP contribution in [0.2, 0.25) is 0 Å². The first-order chi connectivity index (χ1) is 11.6. The van der Waals surface area contributed by atoms with Gasteiger partial charge in [0.05, 0.1) is 18.5 Å². The molecular formula is C16H24N6O2. The maximum absolute atomic E-state index is 12.3. The largest absolute Gasteiger partial charge is 0.379 e. The summed E-state index contributed by atoms with van der Waals surface area (Å²) in [6.07, 6.45) is 6.56. The van der Waals surface area contributed by atoms with E-state index in [1.807, 2.05) is 18.7 Å². The first-order valence-corrected chi connectivity index (χ1v) is 8.43. The van der Waals surface area contributed by atoms with E-state index in [9.17, 15) is 4.79 Å². The van der Waals surface area contributed by atoms with E-state index in [1.54, 1.807) is 16.9 Å². The third-order valence-corrected chi connectivity index (χ3v) is 4.11. The molecule has 0 atom stereocenters. The van der Waals surface area contributed by atoms with Crippen molar-refractivity contribution in [3.8, 4) is 0 Å². The van der Waals surface area contributed by atoms with E-state index in [0.29, 0.717) is 13.0 Å². The van der Waals surface area contributed by atoms with Crippen LogP contribution in [-0.2, 0) is 9.53 Å². The van der Waals surface area contributed by atoms with E-state index in [4.69, 9.17) is 4.74 Å². The number of amides is 1. The molecule has 2 aromatic heterocycles. The first kappa shape index (κ1) is 16.6. The molecule has 0 unspecified atom stereocenters. The predicted octanol–water partition coefficient (Wildman–Crippen LogP) is 0.978. The van der Waals surface area contributed by atoms with E-state index in [-0.39, 0.29) is 12.0 Å². The summed E-state index contributed by atoms with van der Waals surface area (Å²) in [4.78, 5) is 24.8. The predicted molar refractivity (Wildman–Crippen MR) is 89.9 cm³/mol. The number of carbonyl (C=O) groups is 1. The number of anilines is 1. The van der Waals surface area contributed by atoms with Crippen LogP contribution in [0, 0.1) is 0 Å². The Labute approximate surface area is 141 Å². The van der Waals surface area contributed by atoms with Gasteiger partial charge < -0.3 is 14.5 Å². The van der Waals surface area contributed by atoms with E-state index < -0.39 is 0 Å². The quantitative estimate of drug-likeness (QED) is 0.734. The normalized spacial score (nSPS) is 15.5. The second kappa shape index (κ2) is 7.57. The van der Waals surface area contributed by atoms with E-state index in [1.165, 1.54) is 6.33 Å². The molecule has 0 bridgehead atoms. The minimum atomic E-state index is 0.207. The van der Waals surface area contributed by atoms with Crippen molar-refractivity contribution in [3.63, 3.8) is 0 Å². The van der Waals surface area contributed by atoms with Crippen molar-refractivity contribution in [2.45, 2.75) is 32.8 Å². The average molecular weight is 332 g/mol. The molecule has 0 aromatic carbocycles. The van der Waals surface area contributed by atoms with Crippen LogP contribution in [0.15, 0.2) is 18.7 Å². The van der Waals surface area contributed by atoms with Gasteiger partial charge in [0.15, 0.2) is 11.5 Å². The molecule has 2 aromatic rings. The second-order valence-electron chi connectivity index (χ2n) is 6.19. The molecule has 0 saturated carbocycles. The number of hydrogen-bond acceptors (Lipinski definition) is 6. The fraction of sp³-hybridized carbons (Fsp3) is 0.625. The van der Waals surface area contributed by atoms with Gasteiger partial charge in [-0.3, -0.25) is 9.78 Å². The molecule has 24 heavy (non-hydrogen) atoms. The Balaban J connectivity index is 1.50. The highest BCUT2D eigenvalue weighted by atomic mass is 16.5. The molecule has 8 nitrogen and oxygen atoms in total. The Hall–Kier alpha value is -2.22. The fourth-order valence-electron chi connectivity index (χ4n) is 2.84. The van der Waals surface area contributed by atoms with Crippen LogP contribution in [0.3, 0.4) is 0 Å². The monoisotopic (exact) mass is 332 g/mol. The van der Waals surface area contributed by atoms with Crippen LogP contribution in [0.4, 0.5) is 5.82 Å². The van der Waals surface area contributed by atoms with Crippen LogP contribution in [-0.4, -0.2) is 69.3 Å². The molecule has 1 saturated heterocycles. The zero-order chi connectivity index (χ0) is 16.9. The minimum Gasteiger partial charge on any atom is -0.379 e. The number of ether oxygens (including phenoxy) is 1. The Morgan fingerprint density at radius 3 is 2.79 bits per heavy atom. The van der Waals surface area contributed by atoms with Crippen molar-refractivity contribution >= 4 is 17.4 Å². The molecular weight excluding hydrogens is 308 g/mol. The molecule has 1 aliphatic heterocycles. The van der Waals surface area contributed by atoms with Crippen molar-refractivity contribution in [1.82, 2.24) is 24.5 Å². The van der Waals surface area contributed by atoms with Crippen LogP contribution < -0.4 is 4.90 Å². The Morgan fingerprint density at radius 2 is 2.04 bits per heavy atom. The highest BCUT2D eigenvalue weighted by Crippen LogP contribution is 2.16. The number of aromatic nitrogens is 4. The number of carbonyl (C=O) groups excluding carboxylic acids is 1. The van der Waals surface area contributed by atoms with Gasteiger partial charge in [-0.2, -0.15) is 9.61 Å². The third-order valence-electron chi connectivity index (χ3n) is 4.11. The van der Waals surface area contributed by atoms with Crippen molar-refractivity contribution in [2.75, 3.05) is 37.7 Å².